The molecular weight excluding hydrogens is 644 g/mol. The average Bonchev–Trinajstić information content (AvgIpc) is 3.27. The predicted molar refractivity (Wildman–Crippen MR) is 162 cm³/mol. The van der Waals surface area contributed by atoms with Gasteiger partial charge in [-0.25, -0.2) is 19.6 Å². The first-order chi connectivity index (χ1) is 22.3. The Morgan fingerprint density at radius 3 is 2.29 bits per heavy atom. The van der Waals surface area contributed by atoms with Gasteiger partial charge < -0.3 is 14.6 Å². The molecule has 0 radical (unpaired) electrons. The fraction of sp³-hybridized carbons (Fsp3) is 0.412. The van der Waals surface area contributed by atoms with Crippen LogP contribution in [0.2, 0.25) is 0 Å². The molecule has 1 aromatic heterocycles. The van der Waals surface area contributed by atoms with Crippen LogP contribution in [-0.2, 0) is 17.1 Å². The van der Waals surface area contributed by atoms with Crippen molar-refractivity contribution in [2.24, 2.45) is 5.41 Å². The number of benzene rings is 2. The van der Waals surface area contributed by atoms with E-state index in [9.17, 15) is 41.0 Å². The third kappa shape index (κ3) is 6.97. The minimum absolute atomic E-state index is 0.0187. The van der Waals surface area contributed by atoms with Gasteiger partial charge in [-0.1, -0.05) is 19.9 Å². The molecule has 2 aromatic carbocycles. The van der Waals surface area contributed by atoms with Gasteiger partial charge in [0.2, 0.25) is 0 Å². The number of carbonyl (C=O) groups excluding carboxylic acids is 1. The molecule has 0 saturated carbocycles. The molecule has 2 atom stereocenters. The number of aromatic carboxylic acids is 1. The summed E-state index contributed by atoms with van der Waals surface area (Å²) in [5.74, 6) is -0.411. The molecule has 14 heteroatoms. The number of allylic oxidation sites excluding steroid dienone is 1. The third-order valence-electron chi connectivity index (χ3n) is 8.84. The summed E-state index contributed by atoms with van der Waals surface area (Å²) in [6.45, 7) is 7.34. The lowest BCUT2D eigenvalue weighted by Crippen LogP contribution is -2.35. The van der Waals surface area contributed by atoms with Gasteiger partial charge in [0.25, 0.3) is 0 Å². The van der Waals surface area contributed by atoms with Crippen molar-refractivity contribution in [3.8, 4) is 17.1 Å². The first-order valence-corrected chi connectivity index (χ1v) is 15.0. The molecule has 2 aliphatic rings. The number of rotatable bonds is 7. The molecule has 3 aromatic rings. The van der Waals surface area contributed by atoms with E-state index >= 15 is 0 Å². The number of alkyl halides is 6. The van der Waals surface area contributed by atoms with Crippen molar-refractivity contribution in [2.45, 2.75) is 71.5 Å². The zero-order valence-electron chi connectivity index (χ0n) is 26.7. The molecule has 256 valence electrons. The van der Waals surface area contributed by atoms with E-state index in [0.29, 0.717) is 53.4 Å². The molecule has 1 N–H and O–H groups in total. The highest BCUT2D eigenvalue weighted by molar-refractivity contribution is 5.88. The maximum absolute atomic E-state index is 13.6. The molecule has 0 bridgehead atoms. The van der Waals surface area contributed by atoms with Crippen molar-refractivity contribution in [1.29, 1.82) is 0 Å². The Labute approximate surface area is 272 Å². The number of aryl methyl sites for hydroxylation is 1. The van der Waals surface area contributed by atoms with Gasteiger partial charge in [-0.2, -0.15) is 26.3 Å². The highest BCUT2D eigenvalue weighted by atomic mass is 19.4. The van der Waals surface area contributed by atoms with Gasteiger partial charge in [-0.05, 0) is 91.1 Å². The molecule has 1 saturated heterocycles. The number of hydrogen-bond acceptors (Lipinski definition) is 6. The Bertz CT molecular complexity index is 1770. The first kappa shape index (κ1) is 34.7. The van der Waals surface area contributed by atoms with E-state index in [1.165, 1.54) is 37.3 Å². The molecule has 1 aliphatic heterocycles. The summed E-state index contributed by atoms with van der Waals surface area (Å²) < 4.78 is 92.6. The minimum atomic E-state index is -5.05. The summed E-state index contributed by atoms with van der Waals surface area (Å²) in [6, 6.07) is 4.86. The lowest BCUT2D eigenvalue weighted by molar-refractivity contribution is -0.143. The van der Waals surface area contributed by atoms with Crippen LogP contribution in [0.15, 0.2) is 48.2 Å². The summed E-state index contributed by atoms with van der Waals surface area (Å²) in [6.07, 6.45) is -9.11. The van der Waals surface area contributed by atoms with E-state index in [-0.39, 0.29) is 23.6 Å². The van der Waals surface area contributed by atoms with E-state index in [1.807, 2.05) is 0 Å². The highest BCUT2D eigenvalue weighted by Crippen LogP contribution is 2.46. The van der Waals surface area contributed by atoms with Crippen LogP contribution in [0.4, 0.5) is 31.1 Å². The summed E-state index contributed by atoms with van der Waals surface area (Å²) in [5.41, 5.74) is -0.277. The fourth-order valence-corrected chi connectivity index (χ4v) is 6.27. The van der Waals surface area contributed by atoms with Crippen molar-refractivity contribution in [1.82, 2.24) is 14.9 Å². The van der Waals surface area contributed by atoms with E-state index in [2.05, 4.69) is 18.8 Å². The van der Waals surface area contributed by atoms with Crippen molar-refractivity contribution >= 4 is 17.6 Å². The number of amides is 1. The van der Waals surface area contributed by atoms with Crippen LogP contribution in [0.5, 0.6) is 5.75 Å². The lowest BCUT2D eigenvalue weighted by atomic mass is 9.73. The van der Waals surface area contributed by atoms with Crippen LogP contribution < -0.4 is 4.74 Å². The monoisotopic (exact) mass is 677 g/mol. The number of hydrogen-bond donors (Lipinski definition) is 1. The quantitative estimate of drug-likeness (QED) is 0.250. The number of nitrogens with zero attached hydrogens (tertiary/aromatic N) is 3. The number of halogens is 6. The predicted octanol–water partition coefficient (Wildman–Crippen LogP) is 8.74. The zero-order chi connectivity index (χ0) is 35.3. The van der Waals surface area contributed by atoms with Gasteiger partial charge in [0.1, 0.15) is 11.8 Å². The maximum atomic E-state index is 13.6. The summed E-state index contributed by atoms with van der Waals surface area (Å²) >= 11 is 0. The highest BCUT2D eigenvalue weighted by Gasteiger charge is 2.44. The second-order valence-electron chi connectivity index (χ2n) is 12.9. The number of cyclic esters (lactones) is 1. The lowest BCUT2D eigenvalue weighted by Gasteiger charge is -2.35. The fourth-order valence-electron chi connectivity index (χ4n) is 6.27. The smallest absolute Gasteiger partial charge is 0.416 e. The van der Waals surface area contributed by atoms with E-state index in [0.717, 1.165) is 17.6 Å². The van der Waals surface area contributed by atoms with Crippen LogP contribution in [0.3, 0.4) is 0 Å². The van der Waals surface area contributed by atoms with Gasteiger partial charge in [0.15, 0.2) is 11.6 Å². The molecule has 1 aliphatic carbocycles. The topological polar surface area (TPSA) is 102 Å². The summed E-state index contributed by atoms with van der Waals surface area (Å²) in [7, 11) is 1.45. The van der Waals surface area contributed by atoms with E-state index < -0.39 is 53.3 Å². The number of methoxy groups -OCH3 is 1. The number of carboxylic acid groups (broad SMARTS) is 1. The molecule has 8 nitrogen and oxygen atoms in total. The molecule has 0 unspecified atom stereocenters. The molecule has 2 heterocycles. The third-order valence-corrected chi connectivity index (χ3v) is 8.84. The van der Waals surface area contributed by atoms with Gasteiger partial charge in [-0.15, -0.1) is 0 Å². The van der Waals surface area contributed by atoms with Crippen LogP contribution in [0, 0.1) is 12.3 Å². The van der Waals surface area contributed by atoms with Crippen LogP contribution in [0.1, 0.15) is 84.4 Å². The summed E-state index contributed by atoms with van der Waals surface area (Å²) in [5, 5.41) is 9.37. The van der Waals surface area contributed by atoms with Crippen molar-refractivity contribution in [3.05, 3.63) is 81.7 Å². The molecule has 1 amide bonds. The van der Waals surface area contributed by atoms with Crippen LogP contribution >= 0.6 is 0 Å². The van der Waals surface area contributed by atoms with Crippen molar-refractivity contribution < 1.29 is 50.5 Å². The number of ether oxygens (including phenoxy) is 2. The first-order valence-electron chi connectivity index (χ1n) is 15.0. The van der Waals surface area contributed by atoms with Gasteiger partial charge in [0, 0.05) is 12.1 Å². The van der Waals surface area contributed by atoms with Crippen LogP contribution in [0.25, 0.3) is 17.0 Å². The van der Waals surface area contributed by atoms with Gasteiger partial charge >= 0.3 is 24.4 Å². The Kier molecular flexibility index (Phi) is 8.99. The number of aromatic nitrogens is 2. The molecule has 1 fully saturated rings. The van der Waals surface area contributed by atoms with E-state index in [1.54, 1.807) is 13.0 Å². The second kappa shape index (κ2) is 12.4. The minimum Gasteiger partial charge on any atom is -0.493 e. The van der Waals surface area contributed by atoms with E-state index in [4.69, 9.17) is 14.5 Å². The number of carbonyl (C=O) groups is 2. The van der Waals surface area contributed by atoms with Crippen molar-refractivity contribution in [3.63, 3.8) is 0 Å². The van der Waals surface area contributed by atoms with Gasteiger partial charge in [-0.3, -0.25) is 4.90 Å². The Balaban J connectivity index is 1.55. The Morgan fingerprint density at radius 1 is 1.08 bits per heavy atom. The SMILES string of the molecule is COc1cnc(-c2ccc(C(=O)O)cc2C)nc1C1=C(CN2C(=O)O[C@H](c3cc(C(F)(F)F)cc(C(F)(F)F)c3)[C@@H]2C)CC(C)(C)CC1. The molecule has 48 heavy (non-hydrogen) atoms. The molecule has 5 rings (SSSR count). The average molecular weight is 678 g/mol. The second-order valence-corrected chi connectivity index (χ2v) is 12.9. The Hall–Kier alpha value is -4.62. The summed E-state index contributed by atoms with van der Waals surface area (Å²) in [4.78, 5) is 35.2. The maximum Gasteiger partial charge on any atom is 0.416 e. The Morgan fingerprint density at radius 2 is 1.73 bits per heavy atom. The molecular formula is C34H33F6N3O5. The number of carboxylic acids is 1. The van der Waals surface area contributed by atoms with Crippen molar-refractivity contribution in [2.75, 3.05) is 13.7 Å². The standard InChI is InChI=1S/C34H33F6N3O5/c1-17-10-19(30(44)45)6-7-24(17)29-41-15-26(47-5)27(42-29)25-8-9-32(3,4)14-21(25)16-43-18(2)28(48-31(43)46)20-11-22(33(35,36)37)13-23(12-20)34(38,39)40/h6-7,10-13,15,18,28H,8-9,14,16H2,1-5H3,(H,44,45)/t18-,28-/m0/s1. The van der Waals surface area contributed by atoms with Crippen LogP contribution in [-0.4, -0.2) is 51.7 Å². The zero-order valence-corrected chi connectivity index (χ0v) is 26.7. The molecule has 0 spiro atoms. The van der Waals surface area contributed by atoms with Gasteiger partial charge in [0.05, 0.1) is 36.0 Å². The normalized spacial score (nSPS) is 19.8. The largest absolute Gasteiger partial charge is 0.493 e.